The van der Waals surface area contributed by atoms with Crippen LogP contribution in [0.5, 0.6) is 0 Å². The second kappa shape index (κ2) is 5.71. The summed E-state index contributed by atoms with van der Waals surface area (Å²) in [5.74, 6) is -4.47. The van der Waals surface area contributed by atoms with Gasteiger partial charge >= 0.3 is 7.82 Å². The monoisotopic (exact) mass is 355 g/mol. The number of rotatable bonds is 4. The summed E-state index contributed by atoms with van der Waals surface area (Å²) >= 11 is 0. The highest BCUT2D eigenvalue weighted by Gasteiger charge is 2.64. The number of phosphoric acid groups is 1. The van der Waals surface area contributed by atoms with E-state index in [0.717, 1.165) is 24.1 Å². The number of hydrogen-bond donors (Lipinski definition) is 4. The third-order valence-electron chi connectivity index (χ3n) is 3.49. The number of carbonyl (C=O) groups is 2. The fourth-order valence-electron chi connectivity index (χ4n) is 2.32. The molecule has 130 valence electrons. The quantitative estimate of drug-likeness (QED) is 0.350. The van der Waals surface area contributed by atoms with E-state index in [0.29, 0.717) is 0 Å². The Labute approximate surface area is 129 Å². The fraction of sp³-hybridized carbons (Fsp3) is 0.636. The van der Waals surface area contributed by atoms with E-state index in [1.807, 2.05) is 0 Å². The molecule has 0 unspecified atom stereocenters. The van der Waals surface area contributed by atoms with Crippen LogP contribution in [0.4, 0.5) is 4.39 Å². The van der Waals surface area contributed by atoms with Gasteiger partial charge in [0.15, 0.2) is 12.0 Å². The lowest BCUT2D eigenvalue weighted by Crippen LogP contribution is -2.54. The average molecular weight is 355 g/mol. The lowest BCUT2D eigenvalue weighted by Gasteiger charge is -2.34. The molecule has 0 saturated carbocycles. The molecule has 0 aromatic rings. The highest BCUT2D eigenvalue weighted by molar-refractivity contribution is 7.46. The Morgan fingerprint density at radius 1 is 1.52 bits per heavy atom. The number of nitrogens with zero attached hydrogens (tertiary/aromatic N) is 1. The van der Waals surface area contributed by atoms with Gasteiger partial charge in [0.1, 0.15) is 18.3 Å². The van der Waals surface area contributed by atoms with Crippen molar-refractivity contribution in [2.24, 2.45) is 0 Å². The summed E-state index contributed by atoms with van der Waals surface area (Å²) in [6.45, 7) is -0.408. The molecule has 0 aliphatic carbocycles. The van der Waals surface area contributed by atoms with Crippen molar-refractivity contribution < 1.29 is 47.8 Å². The average Bonchev–Trinajstić information content (AvgIpc) is 2.58. The number of aliphatic hydroxyl groups excluding tert-OH is 1. The van der Waals surface area contributed by atoms with Crippen LogP contribution in [-0.2, 0) is 23.4 Å². The maximum absolute atomic E-state index is 14.6. The minimum atomic E-state index is -5.05. The van der Waals surface area contributed by atoms with Crippen LogP contribution in [0.1, 0.15) is 13.3 Å². The molecule has 0 radical (unpaired) electrons. The van der Waals surface area contributed by atoms with Gasteiger partial charge in [-0.1, -0.05) is 0 Å². The first-order valence-corrected chi connectivity index (χ1v) is 7.89. The molecule has 2 rings (SSSR count). The Kier molecular flexibility index (Phi) is 4.50. The topological polar surface area (TPSA) is 154 Å². The molecule has 12 heteroatoms. The number of halogens is 1. The molecular weight excluding hydrogens is 340 g/mol. The summed E-state index contributed by atoms with van der Waals surface area (Å²) < 4.78 is 34.1. The molecule has 2 aliphatic heterocycles. The van der Waals surface area contributed by atoms with E-state index >= 15 is 0 Å². The molecule has 10 nitrogen and oxygen atoms in total. The number of alkyl halides is 1. The third-order valence-corrected chi connectivity index (χ3v) is 3.95. The summed E-state index contributed by atoms with van der Waals surface area (Å²) in [5.41, 5.74) is -2.33. The number of allylic oxidation sites excluding steroid dienone is 1. The molecule has 1 fully saturated rings. The first-order valence-electron chi connectivity index (χ1n) is 6.36. The molecule has 4 N–H and O–H groups in total. The predicted molar refractivity (Wildman–Crippen MR) is 68.9 cm³/mol. The van der Waals surface area contributed by atoms with E-state index in [1.54, 1.807) is 0 Å². The zero-order valence-corrected chi connectivity index (χ0v) is 12.7. The van der Waals surface area contributed by atoms with Crippen LogP contribution < -0.4 is 0 Å². The van der Waals surface area contributed by atoms with E-state index in [1.165, 1.54) is 0 Å². The normalized spacial score (nSPS) is 38.4. The van der Waals surface area contributed by atoms with E-state index in [2.05, 4.69) is 4.52 Å². The number of phosphoric ester groups is 1. The first kappa shape index (κ1) is 18.1. The Morgan fingerprint density at radius 2 is 2.13 bits per heavy atom. The van der Waals surface area contributed by atoms with Gasteiger partial charge in [-0.3, -0.25) is 19.0 Å². The van der Waals surface area contributed by atoms with Gasteiger partial charge in [0.2, 0.25) is 5.91 Å². The van der Waals surface area contributed by atoms with Crippen LogP contribution in [0.3, 0.4) is 0 Å². The second-order valence-electron chi connectivity index (χ2n) is 5.41. The number of ether oxygens (including phenoxy) is 1. The summed E-state index contributed by atoms with van der Waals surface area (Å²) in [5, 5.41) is 20.1. The van der Waals surface area contributed by atoms with Gasteiger partial charge < -0.3 is 24.7 Å². The molecule has 2 aliphatic rings. The van der Waals surface area contributed by atoms with Crippen molar-refractivity contribution in [3.05, 3.63) is 12.3 Å². The first-order chi connectivity index (χ1) is 10.4. The van der Waals surface area contributed by atoms with Crippen LogP contribution >= 0.6 is 7.82 Å². The summed E-state index contributed by atoms with van der Waals surface area (Å²) in [6, 6.07) is 0. The fourth-order valence-corrected chi connectivity index (χ4v) is 2.66. The Morgan fingerprint density at radius 3 is 2.65 bits per heavy atom. The standard InChI is InChI=1S/C11H15FNO9P/c1-10(17)8(16)11(12,5-21-23(18,19)20)22-9(10)13-3-2-6(14)4-7(13)15/h2-3,8-9,16-17H,4-5H2,1H3,(H2,18,19,20)/t8-,9+,10+,11+/m0/s1. The number of aliphatic hydroxyl groups is 2. The lowest BCUT2D eigenvalue weighted by molar-refractivity contribution is -0.211. The van der Waals surface area contributed by atoms with Gasteiger partial charge in [-0.25, -0.2) is 8.96 Å². The van der Waals surface area contributed by atoms with Gasteiger partial charge in [-0.05, 0) is 13.0 Å². The third kappa shape index (κ3) is 3.50. The molecule has 1 saturated heterocycles. The van der Waals surface area contributed by atoms with Crippen LogP contribution in [-0.4, -0.2) is 67.0 Å². The molecule has 0 aromatic heterocycles. The van der Waals surface area contributed by atoms with Gasteiger partial charge in [-0.2, -0.15) is 0 Å². The van der Waals surface area contributed by atoms with Gasteiger partial charge in [0.05, 0.1) is 6.42 Å². The largest absolute Gasteiger partial charge is 0.469 e. The molecule has 0 aromatic carbocycles. The molecule has 4 atom stereocenters. The number of hydrogen-bond acceptors (Lipinski definition) is 7. The van der Waals surface area contributed by atoms with Crippen LogP contribution in [0.15, 0.2) is 12.3 Å². The summed E-state index contributed by atoms with van der Waals surface area (Å²) in [4.78, 5) is 40.9. The van der Waals surface area contributed by atoms with Crippen molar-refractivity contribution in [2.75, 3.05) is 6.61 Å². The maximum atomic E-state index is 14.6. The SMILES string of the molecule is C[C@]1(O)[C@H](N2C=CC(=O)CC2=O)O[C@](F)(COP(=O)(O)O)[C@H]1O. The van der Waals surface area contributed by atoms with Crippen molar-refractivity contribution in [1.29, 1.82) is 0 Å². The van der Waals surface area contributed by atoms with Crippen LogP contribution in [0.25, 0.3) is 0 Å². The molecule has 1 amide bonds. The number of ketones is 1. The van der Waals surface area contributed by atoms with E-state index in [9.17, 15) is 28.8 Å². The van der Waals surface area contributed by atoms with Crippen molar-refractivity contribution >= 4 is 19.5 Å². The predicted octanol–water partition coefficient (Wildman–Crippen LogP) is -1.46. The minimum Gasteiger partial charge on any atom is -0.384 e. The minimum absolute atomic E-state index is 0.499. The smallest absolute Gasteiger partial charge is 0.384 e. The van der Waals surface area contributed by atoms with Crippen molar-refractivity contribution in [2.45, 2.75) is 37.1 Å². The van der Waals surface area contributed by atoms with Gasteiger partial charge in [0, 0.05) is 6.20 Å². The number of amides is 1. The summed E-state index contributed by atoms with van der Waals surface area (Å²) in [7, 11) is -5.05. The van der Waals surface area contributed by atoms with E-state index in [4.69, 9.17) is 14.5 Å². The van der Waals surface area contributed by atoms with Crippen LogP contribution in [0, 0.1) is 0 Å². The second-order valence-corrected chi connectivity index (χ2v) is 6.65. The summed E-state index contributed by atoms with van der Waals surface area (Å²) in [6.07, 6.45) is -2.54. The zero-order chi connectivity index (χ0) is 17.6. The van der Waals surface area contributed by atoms with Crippen molar-refractivity contribution in [3.63, 3.8) is 0 Å². The van der Waals surface area contributed by atoms with Crippen molar-refractivity contribution in [3.8, 4) is 0 Å². The van der Waals surface area contributed by atoms with E-state index < -0.39 is 56.3 Å². The Hall–Kier alpha value is -1.20. The van der Waals surface area contributed by atoms with Crippen molar-refractivity contribution in [1.82, 2.24) is 4.90 Å². The van der Waals surface area contributed by atoms with Gasteiger partial charge in [-0.15, -0.1) is 0 Å². The zero-order valence-electron chi connectivity index (χ0n) is 11.8. The van der Waals surface area contributed by atoms with Crippen LogP contribution in [0.2, 0.25) is 0 Å². The van der Waals surface area contributed by atoms with E-state index in [-0.39, 0.29) is 0 Å². The van der Waals surface area contributed by atoms with Gasteiger partial charge in [0.25, 0.3) is 5.85 Å². The molecular formula is C11H15FNO9P. The molecule has 0 bridgehead atoms. The highest BCUT2D eigenvalue weighted by Crippen LogP contribution is 2.45. The number of carbonyl (C=O) groups excluding carboxylic acids is 2. The molecule has 23 heavy (non-hydrogen) atoms. The molecule has 0 spiro atoms. The molecule has 2 heterocycles. The lowest BCUT2D eigenvalue weighted by atomic mass is 9.94. The Bertz CT molecular complexity index is 602. The highest BCUT2D eigenvalue weighted by atomic mass is 31.2. The Balaban J connectivity index is 2.26. The maximum Gasteiger partial charge on any atom is 0.469 e.